The van der Waals surface area contributed by atoms with Gasteiger partial charge >= 0.3 is 0 Å². The van der Waals surface area contributed by atoms with Crippen molar-refractivity contribution in [3.05, 3.63) is 66.2 Å². The molecule has 0 aliphatic heterocycles. The van der Waals surface area contributed by atoms with E-state index in [1.807, 2.05) is 0 Å². The van der Waals surface area contributed by atoms with E-state index >= 15 is 0 Å². The lowest BCUT2D eigenvalue weighted by Gasteiger charge is -2.27. The molecule has 0 amide bonds. The maximum absolute atomic E-state index is 3.69. The van der Waals surface area contributed by atoms with Gasteiger partial charge in [0.05, 0.1) is 0 Å². The first-order chi connectivity index (χ1) is 9.04. The average molecular weight is 269 g/mol. The summed E-state index contributed by atoms with van der Waals surface area (Å²) in [5.74, 6) is 0. The smallest absolute Gasteiger partial charge is 0.0490 e. The van der Waals surface area contributed by atoms with Gasteiger partial charge in [0.2, 0.25) is 0 Å². The fraction of sp³-hybridized carbons (Fsp3) is 0.294. The van der Waals surface area contributed by atoms with Gasteiger partial charge in [-0.3, -0.25) is 0 Å². The van der Waals surface area contributed by atoms with E-state index in [1.165, 1.54) is 17.3 Å². The Hall–Kier alpha value is -1.54. The fourth-order valence-corrected chi connectivity index (χ4v) is 3.85. The van der Waals surface area contributed by atoms with Gasteiger partial charge in [-0.15, -0.1) is 0 Å². The van der Waals surface area contributed by atoms with Crippen LogP contribution in [0.5, 0.6) is 0 Å². The molecule has 1 atom stereocenters. The van der Waals surface area contributed by atoms with E-state index in [1.54, 1.807) is 0 Å². The monoisotopic (exact) mass is 269 g/mol. The molecule has 0 saturated heterocycles. The number of rotatable bonds is 5. The third kappa shape index (κ3) is 4.56. The van der Waals surface area contributed by atoms with E-state index in [4.69, 9.17) is 0 Å². The molecule has 2 aromatic rings. The fourth-order valence-electron chi connectivity index (χ4n) is 2.29. The standard InChI is InChI=1S/C17H23NSi/c1-19(2,3)14-17(15-10-6-4-7-11-15)18-16-12-8-5-9-13-16/h4-13,17-18H,14H2,1-3H3/t17-/m1/s1. The molecule has 2 aromatic carbocycles. The molecule has 2 rings (SSSR count). The van der Waals surface area contributed by atoms with Crippen molar-refractivity contribution in [1.29, 1.82) is 0 Å². The molecule has 0 heterocycles. The molecule has 0 saturated carbocycles. The summed E-state index contributed by atoms with van der Waals surface area (Å²) < 4.78 is 0. The van der Waals surface area contributed by atoms with E-state index in [9.17, 15) is 0 Å². The van der Waals surface area contributed by atoms with Gasteiger partial charge in [0.25, 0.3) is 0 Å². The van der Waals surface area contributed by atoms with E-state index in [0.29, 0.717) is 6.04 Å². The van der Waals surface area contributed by atoms with Crippen LogP contribution in [0.4, 0.5) is 5.69 Å². The molecule has 0 radical (unpaired) electrons. The summed E-state index contributed by atoms with van der Waals surface area (Å²) >= 11 is 0. The Labute approximate surface area is 117 Å². The lowest BCUT2D eigenvalue weighted by molar-refractivity contribution is 0.863. The zero-order chi connectivity index (χ0) is 13.7. The van der Waals surface area contributed by atoms with Crippen molar-refractivity contribution < 1.29 is 0 Å². The molecule has 1 N–H and O–H groups in total. The van der Waals surface area contributed by atoms with Gasteiger partial charge in [0.15, 0.2) is 0 Å². The second kappa shape index (κ2) is 6.07. The highest BCUT2D eigenvalue weighted by Gasteiger charge is 2.21. The van der Waals surface area contributed by atoms with Crippen LogP contribution in [0.1, 0.15) is 11.6 Å². The van der Waals surface area contributed by atoms with Crippen LogP contribution in [-0.2, 0) is 0 Å². The summed E-state index contributed by atoms with van der Waals surface area (Å²) in [6.45, 7) is 7.28. The van der Waals surface area contributed by atoms with Crippen LogP contribution in [0.2, 0.25) is 25.7 Å². The summed E-state index contributed by atoms with van der Waals surface area (Å²) in [5.41, 5.74) is 2.59. The first-order valence-corrected chi connectivity index (χ1v) is 10.6. The highest BCUT2D eigenvalue weighted by molar-refractivity contribution is 6.76. The zero-order valence-corrected chi connectivity index (χ0v) is 13.1. The third-order valence-corrected chi connectivity index (χ3v) is 4.77. The van der Waals surface area contributed by atoms with Crippen LogP contribution in [0.3, 0.4) is 0 Å². The quantitative estimate of drug-likeness (QED) is 0.738. The van der Waals surface area contributed by atoms with Gasteiger partial charge in [-0.25, -0.2) is 0 Å². The molecule has 0 aromatic heterocycles. The first-order valence-electron chi connectivity index (χ1n) is 6.91. The number of hydrogen-bond donors (Lipinski definition) is 1. The third-order valence-electron chi connectivity index (χ3n) is 3.13. The highest BCUT2D eigenvalue weighted by atomic mass is 28.3. The predicted molar refractivity (Wildman–Crippen MR) is 87.4 cm³/mol. The Bertz CT molecular complexity index is 488. The average Bonchev–Trinajstić information content (AvgIpc) is 2.39. The first kappa shape index (κ1) is 13.9. The van der Waals surface area contributed by atoms with Crippen molar-refractivity contribution in [2.45, 2.75) is 31.7 Å². The Morgan fingerprint density at radius 1 is 0.842 bits per heavy atom. The van der Waals surface area contributed by atoms with Gasteiger partial charge in [-0.2, -0.15) is 0 Å². The minimum absolute atomic E-state index is 0.412. The summed E-state index contributed by atoms with van der Waals surface area (Å²) in [7, 11) is -1.12. The van der Waals surface area contributed by atoms with E-state index in [0.717, 1.165) is 0 Å². The van der Waals surface area contributed by atoms with Crippen molar-refractivity contribution in [1.82, 2.24) is 0 Å². The van der Waals surface area contributed by atoms with Crippen LogP contribution < -0.4 is 5.32 Å². The maximum atomic E-state index is 3.69. The highest BCUT2D eigenvalue weighted by Crippen LogP contribution is 2.28. The summed E-state index contributed by atoms with van der Waals surface area (Å²) in [4.78, 5) is 0. The topological polar surface area (TPSA) is 12.0 Å². The Kier molecular flexibility index (Phi) is 4.43. The molecular formula is C17H23NSi. The van der Waals surface area contributed by atoms with E-state index in [2.05, 4.69) is 85.6 Å². The van der Waals surface area contributed by atoms with E-state index in [-0.39, 0.29) is 0 Å². The van der Waals surface area contributed by atoms with Crippen LogP contribution in [0.25, 0.3) is 0 Å². The van der Waals surface area contributed by atoms with Crippen LogP contribution >= 0.6 is 0 Å². The largest absolute Gasteiger partial charge is 0.379 e. The number of benzene rings is 2. The van der Waals surface area contributed by atoms with Crippen molar-refractivity contribution in [3.63, 3.8) is 0 Å². The Balaban J connectivity index is 2.20. The lowest BCUT2D eigenvalue weighted by Crippen LogP contribution is -2.26. The Morgan fingerprint density at radius 3 is 1.89 bits per heavy atom. The molecule has 0 aliphatic carbocycles. The molecule has 19 heavy (non-hydrogen) atoms. The number of hydrogen-bond acceptors (Lipinski definition) is 1. The van der Waals surface area contributed by atoms with Gasteiger partial charge < -0.3 is 5.32 Å². The summed E-state index contributed by atoms with van der Waals surface area (Å²) in [5, 5.41) is 3.69. The molecule has 0 bridgehead atoms. The molecule has 2 heteroatoms. The SMILES string of the molecule is C[Si](C)(C)C[C@@H](Nc1ccccc1)c1ccccc1. The van der Waals surface area contributed by atoms with Crippen molar-refractivity contribution >= 4 is 13.8 Å². The molecule has 100 valence electrons. The van der Waals surface area contributed by atoms with Crippen molar-refractivity contribution in [2.24, 2.45) is 0 Å². The normalized spacial score (nSPS) is 13.0. The number of anilines is 1. The van der Waals surface area contributed by atoms with Crippen LogP contribution in [-0.4, -0.2) is 8.07 Å². The number of nitrogens with one attached hydrogen (secondary N) is 1. The summed E-state index contributed by atoms with van der Waals surface area (Å²) in [6.07, 6.45) is 0. The lowest BCUT2D eigenvalue weighted by atomic mass is 10.1. The van der Waals surface area contributed by atoms with Gasteiger partial charge in [-0.05, 0) is 23.7 Å². The van der Waals surface area contributed by atoms with E-state index < -0.39 is 8.07 Å². The molecule has 0 spiro atoms. The van der Waals surface area contributed by atoms with Crippen molar-refractivity contribution in [3.8, 4) is 0 Å². The second-order valence-electron chi connectivity index (χ2n) is 6.24. The Morgan fingerprint density at radius 2 is 1.37 bits per heavy atom. The molecule has 1 nitrogen and oxygen atoms in total. The van der Waals surface area contributed by atoms with Gasteiger partial charge in [0.1, 0.15) is 0 Å². The molecule has 0 fully saturated rings. The zero-order valence-electron chi connectivity index (χ0n) is 12.1. The van der Waals surface area contributed by atoms with Crippen LogP contribution in [0, 0.1) is 0 Å². The van der Waals surface area contributed by atoms with Crippen LogP contribution in [0.15, 0.2) is 60.7 Å². The van der Waals surface area contributed by atoms with Gasteiger partial charge in [0, 0.05) is 19.8 Å². The van der Waals surface area contributed by atoms with Crippen molar-refractivity contribution in [2.75, 3.05) is 5.32 Å². The summed E-state index contributed by atoms with van der Waals surface area (Å²) in [6, 6.07) is 22.9. The molecule has 0 aliphatic rings. The minimum Gasteiger partial charge on any atom is -0.379 e. The predicted octanol–water partition coefficient (Wildman–Crippen LogP) is 5.18. The maximum Gasteiger partial charge on any atom is 0.0490 e. The molecular weight excluding hydrogens is 246 g/mol. The minimum atomic E-state index is -1.12. The molecule has 0 unspecified atom stereocenters. The number of para-hydroxylation sites is 1. The van der Waals surface area contributed by atoms with Gasteiger partial charge in [-0.1, -0.05) is 68.2 Å². The second-order valence-corrected chi connectivity index (χ2v) is 11.8.